The van der Waals surface area contributed by atoms with E-state index in [9.17, 15) is 0 Å². The fraction of sp³-hybridized carbons (Fsp3) is 1.00. The molecule has 0 N–H and O–H groups in total. The molecule has 98 valence electrons. The maximum atomic E-state index is 5.87. The van der Waals surface area contributed by atoms with Crippen LogP contribution in [0.25, 0.3) is 0 Å². The van der Waals surface area contributed by atoms with Gasteiger partial charge in [-0.3, -0.25) is 0 Å². The molecule has 0 aromatic carbocycles. The molecule has 0 radical (unpaired) electrons. The smallest absolute Gasteiger partial charge is 0.178 e. The van der Waals surface area contributed by atoms with Crippen molar-refractivity contribution in [2.75, 3.05) is 26.0 Å². The predicted octanol–water partition coefficient (Wildman–Crippen LogP) is 4.44. The van der Waals surface area contributed by atoms with E-state index >= 15 is 0 Å². The van der Waals surface area contributed by atoms with Crippen LogP contribution < -0.4 is 0 Å². The second-order valence-electron chi connectivity index (χ2n) is 3.66. The van der Waals surface area contributed by atoms with Crippen LogP contribution in [0.2, 0.25) is 0 Å². The highest BCUT2D eigenvalue weighted by atomic mass is 31.2. The van der Waals surface area contributed by atoms with Crippen LogP contribution in [-0.4, -0.2) is 26.0 Å². The van der Waals surface area contributed by atoms with Gasteiger partial charge in [-0.25, -0.2) is 0 Å². The molecule has 0 amide bonds. The van der Waals surface area contributed by atoms with E-state index in [1.807, 2.05) is 13.8 Å². The van der Waals surface area contributed by atoms with Crippen molar-refractivity contribution in [3.63, 3.8) is 0 Å². The zero-order valence-corrected chi connectivity index (χ0v) is 12.2. The summed E-state index contributed by atoms with van der Waals surface area (Å²) < 4.78 is 17.3. The topological polar surface area (TPSA) is 27.7 Å². The summed E-state index contributed by atoms with van der Waals surface area (Å²) in [4.78, 5) is 0. The van der Waals surface area contributed by atoms with Gasteiger partial charge in [0.05, 0.1) is 19.8 Å². The van der Waals surface area contributed by atoms with Crippen molar-refractivity contribution in [1.29, 1.82) is 0 Å². The monoisotopic (exact) mass is 251 g/mol. The van der Waals surface area contributed by atoms with Gasteiger partial charge in [-0.2, -0.15) is 13.6 Å². The Morgan fingerprint density at radius 1 is 0.750 bits per heavy atom. The standard InChI is InChI=1S/C12H28O3P/c1-5-9-10-11-12-15-16(8-4,13-6-2)14-7-3/h5-12H2,1-4H3/q+1. The first-order chi connectivity index (χ1) is 7.74. The van der Waals surface area contributed by atoms with Crippen molar-refractivity contribution in [3.8, 4) is 0 Å². The minimum Gasteiger partial charge on any atom is -0.178 e. The van der Waals surface area contributed by atoms with Gasteiger partial charge in [-0.05, 0) is 27.2 Å². The number of rotatable bonds is 11. The summed E-state index contributed by atoms with van der Waals surface area (Å²) in [5.41, 5.74) is 0. The van der Waals surface area contributed by atoms with Crippen LogP contribution >= 0.6 is 7.94 Å². The molecule has 0 atom stereocenters. The second kappa shape index (κ2) is 10.5. The average molecular weight is 251 g/mol. The molecule has 4 heteroatoms. The Morgan fingerprint density at radius 2 is 1.38 bits per heavy atom. The van der Waals surface area contributed by atoms with Crippen LogP contribution in [0.1, 0.15) is 53.4 Å². The molecule has 16 heavy (non-hydrogen) atoms. The van der Waals surface area contributed by atoms with E-state index in [0.717, 1.165) is 19.2 Å². The molecule has 0 unspecified atom stereocenters. The largest absolute Gasteiger partial charge is 0.411 e. The number of hydrogen-bond acceptors (Lipinski definition) is 3. The Morgan fingerprint density at radius 3 is 1.81 bits per heavy atom. The zero-order chi connectivity index (χ0) is 12.3. The minimum atomic E-state index is -2.03. The van der Waals surface area contributed by atoms with E-state index in [2.05, 4.69) is 13.8 Å². The summed E-state index contributed by atoms with van der Waals surface area (Å²) in [5.74, 6) is 0. The van der Waals surface area contributed by atoms with Gasteiger partial charge in [-0.1, -0.05) is 26.2 Å². The highest BCUT2D eigenvalue weighted by Crippen LogP contribution is 2.61. The van der Waals surface area contributed by atoms with Gasteiger partial charge in [0.1, 0.15) is 6.16 Å². The molecular formula is C12H28O3P+. The SMILES string of the molecule is CCCCCCO[P+](CC)(OCC)OCC. The fourth-order valence-corrected chi connectivity index (χ4v) is 3.48. The molecule has 0 aromatic rings. The number of unbranched alkanes of at least 4 members (excludes halogenated alkanes) is 3. The van der Waals surface area contributed by atoms with Gasteiger partial charge in [0.15, 0.2) is 0 Å². The highest BCUT2D eigenvalue weighted by molar-refractivity contribution is 7.61. The summed E-state index contributed by atoms with van der Waals surface area (Å²) in [6.07, 6.45) is 5.71. The lowest BCUT2D eigenvalue weighted by Gasteiger charge is -2.19. The molecule has 3 nitrogen and oxygen atoms in total. The predicted molar refractivity (Wildman–Crippen MR) is 70.8 cm³/mol. The quantitative estimate of drug-likeness (QED) is 0.401. The van der Waals surface area contributed by atoms with E-state index in [4.69, 9.17) is 13.6 Å². The van der Waals surface area contributed by atoms with Crippen molar-refractivity contribution in [1.82, 2.24) is 0 Å². The van der Waals surface area contributed by atoms with Crippen molar-refractivity contribution in [2.24, 2.45) is 0 Å². The van der Waals surface area contributed by atoms with E-state index in [1.54, 1.807) is 0 Å². The van der Waals surface area contributed by atoms with Gasteiger partial charge in [0, 0.05) is 0 Å². The molecule has 0 rings (SSSR count). The molecule has 0 aliphatic rings. The van der Waals surface area contributed by atoms with E-state index in [0.29, 0.717) is 13.2 Å². The van der Waals surface area contributed by atoms with Crippen molar-refractivity contribution in [2.45, 2.75) is 53.4 Å². The van der Waals surface area contributed by atoms with Crippen LogP contribution in [-0.2, 0) is 13.6 Å². The molecule has 0 aromatic heterocycles. The van der Waals surface area contributed by atoms with Crippen LogP contribution in [0.5, 0.6) is 0 Å². The van der Waals surface area contributed by atoms with E-state index < -0.39 is 7.94 Å². The Kier molecular flexibility index (Phi) is 10.7. The van der Waals surface area contributed by atoms with Gasteiger partial charge in [0.25, 0.3) is 0 Å². The molecule has 0 aliphatic carbocycles. The Labute approximate surface area is 101 Å². The Bertz CT molecular complexity index is 147. The molecule has 0 fully saturated rings. The number of hydrogen-bond donors (Lipinski definition) is 0. The van der Waals surface area contributed by atoms with Gasteiger partial charge in [-0.15, -0.1) is 0 Å². The summed E-state index contributed by atoms with van der Waals surface area (Å²) in [6.45, 7) is 10.4. The van der Waals surface area contributed by atoms with E-state index in [-0.39, 0.29) is 0 Å². The third kappa shape index (κ3) is 6.80. The van der Waals surface area contributed by atoms with Gasteiger partial charge < -0.3 is 0 Å². The summed E-state index contributed by atoms with van der Waals surface area (Å²) in [6, 6.07) is 0. The summed E-state index contributed by atoms with van der Waals surface area (Å²) in [5, 5.41) is 0. The van der Waals surface area contributed by atoms with Crippen LogP contribution in [0.3, 0.4) is 0 Å². The third-order valence-corrected chi connectivity index (χ3v) is 4.98. The lowest BCUT2D eigenvalue weighted by Crippen LogP contribution is -2.10. The molecule has 0 saturated heterocycles. The normalized spacial score (nSPS) is 12.0. The van der Waals surface area contributed by atoms with Crippen molar-refractivity contribution < 1.29 is 13.6 Å². The zero-order valence-electron chi connectivity index (χ0n) is 11.3. The van der Waals surface area contributed by atoms with Crippen LogP contribution in [0.15, 0.2) is 0 Å². The Hall–Kier alpha value is 0.310. The average Bonchev–Trinajstić information content (AvgIpc) is 2.29. The van der Waals surface area contributed by atoms with Crippen molar-refractivity contribution >= 4 is 7.94 Å². The minimum absolute atomic E-state index is 0.663. The molecule has 0 heterocycles. The molecule has 0 spiro atoms. The Balaban J connectivity index is 3.89. The summed E-state index contributed by atoms with van der Waals surface area (Å²) >= 11 is 0. The molecule has 0 bridgehead atoms. The first-order valence-corrected chi connectivity index (χ1v) is 8.29. The van der Waals surface area contributed by atoms with E-state index in [1.165, 1.54) is 19.3 Å². The van der Waals surface area contributed by atoms with Crippen molar-refractivity contribution in [3.05, 3.63) is 0 Å². The molecule has 0 saturated carbocycles. The maximum Gasteiger partial charge on any atom is 0.411 e. The first-order valence-electron chi connectivity index (χ1n) is 6.56. The summed E-state index contributed by atoms with van der Waals surface area (Å²) in [7, 11) is -2.03. The first kappa shape index (κ1) is 16.3. The molecule has 0 aliphatic heterocycles. The van der Waals surface area contributed by atoms with Gasteiger partial charge >= 0.3 is 7.94 Å². The lowest BCUT2D eigenvalue weighted by molar-refractivity contribution is 0.144. The third-order valence-electron chi connectivity index (χ3n) is 2.32. The fourth-order valence-electron chi connectivity index (χ4n) is 1.51. The maximum absolute atomic E-state index is 5.87. The van der Waals surface area contributed by atoms with Gasteiger partial charge in [0.2, 0.25) is 0 Å². The lowest BCUT2D eigenvalue weighted by atomic mass is 10.2. The van der Waals surface area contributed by atoms with Crippen LogP contribution in [0.4, 0.5) is 0 Å². The van der Waals surface area contributed by atoms with Crippen LogP contribution in [0, 0.1) is 0 Å². The highest BCUT2D eigenvalue weighted by Gasteiger charge is 2.42. The molecular weight excluding hydrogens is 223 g/mol. The second-order valence-corrected chi connectivity index (χ2v) is 6.29.